The van der Waals surface area contributed by atoms with E-state index in [4.69, 9.17) is 4.74 Å². The smallest absolute Gasteiger partial charge is 0.337 e. The summed E-state index contributed by atoms with van der Waals surface area (Å²) < 4.78 is 36.0. The maximum absolute atomic E-state index is 12.0. The second-order valence-corrected chi connectivity index (χ2v) is 8.10. The fourth-order valence-corrected chi connectivity index (χ4v) is 4.23. The van der Waals surface area contributed by atoms with Crippen LogP contribution >= 0.6 is 27.3 Å². The van der Waals surface area contributed by atoms with Gasteiger partial charge >= 0.3 is 5.97 Å². The van der Waals surface area contributed by atoms with Gasteiger partial charge in [-0.2, -0.15) is 0 Å². The monoisotopic (exact) mass is 482 g/mol. The van der Waals surface area contributed by atoms with Gasteiger partial charge in [-0.25, -0.2) is 22.5 Å². The molecule has 0 saturated carbocycles. The van der Waals surface area contributed by atoms with Crippen LogP contribution in [-0.2, 0) is 15.6 Å². The highest BCUT2D eigenvalue weighted by Crippen LogP contribution is 2.37. The number of halogens is 1. The molecule has 2 aromatic carbocycles. The molecular weight excluding hydrogens is 468 g/mol. The molecule has 0 atom stereocenters. The number of esters is 1. The molecule has 28 heavy (non-hydrogen) atoms. The normalized spacial score (nSPS) is 10.7. The Morgan fingerprint density at radius 1 is 1.14 bits per heavy atom. The van der Waals surface area contributed by atoms with Crippen LogP contribution in [0.15, 0.2) is 52.3 Å². The van der Waals surface area contributed by atoms with Crippen LogP contribution in [0, 0.1) is 0 Å². The van der Waals surface area contributed by atoms with Crippen LogP contribution in [0.5, 0.6) is 5.75 Å². The molecule has 0 saturated heterocycles. The Morgan fingerprint density at radius 2 is 1.86 bits per heavy atom. The minimum atomic E-state index is -3.05. The molecule has 0 aliphatic heterocycles. The minimum Gasteiger partial charge on any atom is -0.495 e. The van der Waals surface area contributed by atoms with Crippen molar-refractivity contribution >= 4 is 55.6 Å². The topological polar surface area (TPSA) is 85.8 Å². The number of ether oxygens (including phenoxy) is 2. The third-order valence-corrected chi connectivity index (χ3v) is 5.95. The van der Waals surface area contributed by atoms with Gasteiger partial charge in [-0.1, -0.05) is 28.1 Å². The van der Waals surface area contributed by atoms with E-state index in [9.17, 15) is 13.2 Å². The molecule has 1 aromatic heterocycles. The van der Waals surface area contributed by atoms with Crippen LogP contribution in [0.25, 0.3) is 10.6 Å². The van der Waals surface area contributed by atoms with E-state index in [0.29, 0.717) is 5.01 Å². The molecule has 0 N–H and O–H groups in total. The number of hydrogen-bond donors (Lipinski definition) is 1. The average molecular weight is 483 g/mol. The van der Waals surface area contributed by atoms with Gasteiger partial charge in [-0.05, 0) is 30.3 Å². The summed E-state index contributed by atoms with van der Waals surface area (Å²) in [6, 6.07) is 11.9. The third-order valence-electron chi connectivity index (χ3n) is 3.79. The first-order chi connectivity index (χ1) is 13.4. The Morgan fingerprint density at radius 3 is 2.46 bits per heavy atom. The molecule has 3 aromatic rings. The van der Waals surface area contributed by atoms with Gasteiger partial charge in [0, 0.05) is 15.4 Å². The van der Waals surface area contributed by atoms with Crippen molar-refractivity contribution in [3.8, 4) is 16.3 Å². The predicted octanol–water partition coefficient (Wildman–Crippen LogP) is 4.03. The Labute approximate surface area is 175 Å². The van der Waals surface area contributed by atoms with E-state index < -0.39 is 16.9 Å². The SMILES string of the molecule is COC(=O)c1ccc(N(c2csc(-c3ccc(Br)cc3)n2)[SH](=O)=O)c(OC)c1. The van der Waals surface area contributed by atoms with Gasteiger partial charge in [-0.3, -0.25) is 0 Å². The van der Waals surface area contributed by atoms with Crippen molar-refractivity contribution in [2.75, 3.05) is 18.5 Å². The number of aromatic nitrogens is 1. The van der Waals surface area contributed by atoms with Crippen LogP contribution in [-0.4, -0.2) is 33.6 Å². The zero-order chi connectivity index (χ0) is 20.3. The van der Waals surface area contributed by atoms with Crippen molar-refractivity contribution in [2.45, 2.75) is 0 Å². The number of carbonyl (C=O) groups is 1. The molecule has 10 heteroatoms. The highest BCUT2D eigenvalue weighted by molar-refractivity contribution is 9.10. The predicted molar refractivity (Wildman–Crippen MR) is 112 cm³/mol. The van der Waals surface area contributed by atoms with Gasteiger partial charge in [0.15, 0.2) is 5.82 Å². The van der Waals surface area contributed by atoms with Gasteiger partial charge in [0.1, 0.15) is 16.4 Å². The molecule has 146 valence electrons. The maximum Gasteiger partial charge on any atom is 0.337 e. The summed E-state index contributed by atoms with van der Waals surface area (Å²) in [7, 11) is -0.394. The van der Waals surface area contributed by atoms with Crippen LogP contribution in [0.1, 0.15) is 10.4 Å². The molecule has 0 spiro atoms. The zero-order valence-corrected chi connectivity index (χ0v) is 18.1. The van der Waals surface area contributed by atoms with Crippen LogP contribution in [0.4, 0.5) is 11.5 Å². The molecule has 3 rings (SSSR count). The van der Waals surface area contributed by atoms with Crippen LogP contribution in [0.2, 0.25) is 0 Å². The van der Waals surface area contributed by atoms with Gasteiger partial charge in [-0.15, -0.1) is 11.3 Å². The Hall–Kier alpha value is -2.43. The average Bonchev–Trinajstić information content (AvgIpc) is 3.17. The van der Waals surface area contributed by atoms with E-state index in [0.717, 1.165) is 14.3 Å². The number of methoxy groups -OCH3 is 2. The summed E-state index contributed by atoms with van der Waals surface area (Å²) in [5, 5.41) is 2.32. The maximum atomic E-state index is 12.0. The summed E-state index contributed by atoms with van der Waals surface area (Å²) in [4.78, 5) is 16.2. The number of thiol groups is 1. The molecule has 0 fully saturated rings. The van der Waals surface area contributed by atoms with Gasteiger partial charge in [0.25, 0.3) is 0 Å². The standard InChI is InChI=1S/C18H15BrN2O5S2/c1-25-15-9-12(18(22)26-2)5-8-14(15)21(28(23)24)16-10-27-17(20-16)11-3-6-13(19)7-4-11/h3-10,28H,1-2H3. The second-order valence-electron chi connectivity index (χ2n) is 5.45. The van der Waals surface area contributed by atoms with Crippen molar-refractivity contribution < 1.29 is 22.7 Å². The van der Waals surface area contributed by atoms with E-state index in [-0.39, 0.29) is 22.8 Å². The summed E-state index contributed by atoms with van der Waals surface area (Å²) in [6.07, 6.45) is 0. The summed E-state index contributed by atoms with van der Waals surface area (Å²) in [5.74, 6) is -0.0995. The first-order valence-corrected chi connectivity index (χ1v) is 10.7. The van der Waals surface area contributed by atoms with Crippen molar-refractivity contribution in [2.24, 2.45) is 0 Å². The Balaban J connectivity index is 2.03. The molecule has 0 aliphatic rings. The largest absolute Gasteiger partial charge is 0.495 e. The first kappa shape index (κ1) is 20.3. The molecule has 0 amide bonds. The van der Waals surface area contributed by atoms with Gasteiger partial charge < -0.3 is 9.47 Å². The number of benzene rings is 2. The van der Waals surface area contributed by atoms with Crippen molar-refractivity contribution in [1.82, 2.24) is 4.98 Å². The van der Waals surface area contributed by atoms with Crippen LogP contribution in [0.3, 0.4) is 0 Å². The third kappa shape index (κ3) is 4.18. The van der Waals surface area contributed by atoms with Crippen LogP contribution < -0.4 is 9.04 Å². The van der Waals surface area contributed by atoms with Gasteiger partial charge in [0.05, 0.1) is 19.8 Å². The van der Waals surface area contributed by atoms with E-state index in [1.165, 1.54) is 43.8 Å². The minimum absolute atomic E-state index is 0.209. The van der Waals surface area contributed by atoms with Crippen molar-refractivity contribution in [1.29, 1.82) is 0 Å². The number of nitrogens with zero attached hydrogens (tertiary/aromatic N) is 2. The lowest BCUT2D eigenvalue weighted by Gasteiger charge is -2.18. The highest BCUT2D eigenvalue weighted by Gasteiger charge is 2.21. The molecule has 0 unspecified atom stereocenters. The van der Waals surface area contributed by atoms with E-state index in [1.54, 1.807) is 5.38 Å². The second kappa shape index (κ2) is 8.72. The fourth-order valence-electron chi connectivity index (χ4n) is 2.48. The quantitative estimate of drug-likeness (QED) is 0.421. The lowest BCUT2D eigenvalue weighted by molar-refractivity contribution is 0.0600. The van der Waals surface area contributed by atoms with E-state index in [2.05, 4.69) is 25.7 Å². The zero-order valence-electron chi connectivity index (χ0n) is 14.8. The Kier molecular flexibility index (Phi) is 6.32. The summed E-state index contributed by atoms with van der Waals surface area (Å²) in [6.45, 7) is 0. The first-order valence-electron chi connectivity index (χ1n) is 7.87. The summed E-state index contributed by atoms with van der Waals surface area (Å²) >= 11 is 4.70. The summed E-state index contributed by atoms with van der Waals surface area (Å²) in [5.41, 5.74) is 1.37. The molecule has 1 heterocycles. The molecule has 0 radical (unpaired) electrons. The molecular formula is C18H15BrN2O5S2. The lowest BCUT2D eigenvalue weighted by Crippen LogP contribution is -2.16. The van der Waals surface area contributed by atoms with Crippen molar-refractivity contribution in [3.05, 3.63) is 57.9 Å². The number of rotatable bonds is 6. The lowest BCUT2D eigenvalue weighted by atomic mass is 10.2. The van der Waals surface area contributed by atoms with E-state index >= 15 is 0 Å². The molecule has 0 bridgehead atoms. The number of carbonyl (C=O) groups excluding carboxylic acids is 1. The van der Waals surface area contributed by atoms with Crippen molar-refractivity contribution in [3.63, 3.8) is 0 Å². The number of thiazole rings is 1. The number of hydrogen-bond acceptors (Lipinski definition) is 7. The number of anilines is 2. The molecule has 7 nitrogen and oxygen atoms in total. The van der Waals surface area contributed by atoms with Gasteiger partial charge in [0.2, 0.25) is 10.9 Å². The van der Waals surface area contributed by atoms with E-state index in [1.807, 2.05) is 24.3 Å². The fraction of sp³-hybridized carbons (Fsp3) is 0.111. The molecule has 0 aliphatic carbocycles. The highest BCUT2D eigenvalue weighted by atomic mass is 79.9. The Bertz CT molecular complexity index is 1070.